The van der Waals surface area contributed by atoms with Crippen LogP contribution in [0.3, 0.4) is 0 Å². The van der Waals surface area contributed by atoms with E-state index in [4.69, 9.17) is 22.2 Å². The number of oxime groups is 1. The van der Waals surface area contributed by atoms with Crippen molar-refractivity contribution < 1.29 is 48.6 Å². The number of aromatic nitrogens is 1. The van der Waals surface area contributed by atoms with Crippen molar-refractivity contribution in [3.05, 3.63) is 50.6 Å². The molecule has 0 unspecified atom stereocenters. The maximum atomic E-state index is 13.6. The second-order valence-electron chi connectivity index (χ2n) is 14.7. The molecule has 2 aromatic rings. The van der Waals surface area contributed by atoms with Crippen molar-refractivity contribution in [2.75, 3.05) is 44.2 Å². The number of halogens is 1. The lowest BCUT2D eigenvalue weighted by Gasteiger charge is -2.56. The average Bonchev–Trinajstić information content (AvgIpc) is 3.55. The van der Waals surface area contributed by atoms with Crippen molar-refractivity contribution in [2.24, 2.45) is 22.4 Å². The SMILES string of the molecule is Cc1ccc(C(=O)NCC23CC[N+](CC4=C(C(=O)O)N5C(=O)[C@@H](CC(=O)/C(=N\O[C@H](C(=O)O)C(C)C)c6csc(N)n6)[C@H]5SC4)(CC2)CC3)c(Cl)c1O. The lowest BCUT2D eigenvalue weighted by atomic mass is 9.70. The summed E-state index contributed by atoms with van der Waals surface area (Å²) in [5.41, 5.74) is 6.97. The van der Waals surface area contributed by atoms with Crippen LogP contribution in [-0.4, -0.2) is 115 Å². The number of phenols is 1. The zero-order chi connectivity index (χ0) is 38.4. The first-order valence-corrected chi connectivity index (χ1v) is 19.6. The molecule has 5 aliphatic heterocycles. The van der Waals surface area contributed by atoms with Crippen LogP contribution >= 0.6 is 34.7 Å². The van der Waals surface area contributed by atoms with Gasteiger partial charge in [0.05, 0.1) is 41.5 Å². The van der Waals surface area contributed by atoms with Crippen LogP contribution in [0.1, 0.15) is 61.1 Å². The van der Waals surface area contributed by atoms with Gasteiger partial charge in [-0.2, -0.15) is 0 Å². The number of aryl methyl sites for hydroxylation is 1. The van der Waals surface area contributed by atoms with Gasteiger partial charge in [0.25, 0.3) is 5.91 Å². The number of nitrogen functional groups attached to an aromatic ring is 1. The third-order valence-electron chi connectivity index (χ3n) is 11.0. The third kappa shape index (κ3) is 7.48. The Morgan fingerprint density at radius 1 is 1.19 bits per heavy atom. The number of nitrogens with zero attached hydrogens (tertiary/aromatic N) is 4. The molecular formula is C35H42ClN6O9S2+. The summed E-state index contributed by atoms with van der Waals surface area (Å²) in [6, 6.07) is 3.25. The molecule has 2 bridgehead atoms. The summed E-state index contributed by atoms with van der Waals surface area (Å²) < 4.78 is 0.693. The largest absolute Gasteiger partial charge is 0.506 e. The van der Waals surface area contributed by atoms with Crippen LogP contribution < -0.4 is 11.1 Å². The number of hydrogen-bond donors (Lipinski definition) is 5. The van der Waals surface area contributed by atoms with E-state index in [-0.39, 0.29) is 56.3 Å². The molecule has 0 radical (unpaired) electrons. The first-order chi connectivity index (χ1) is 25.0. The molecule has 1 aromatic heterocycles. The second kappa shape index (κ2) is 14.9. The number of fused-ring (bicyclic) bond motifs is 4. The number of hydrogen-bond acceptors (Lipinski definition) is 12. The van der Waals surface area contributed by atoms with Crippen LogP contribution in [0.25, 0.3) is 0 Å². The fourth-order valence-electron chi connectivity index (χ4n) is 7.67. The van der Waals surface area contributed by atoms with E-state index in [2.05, 4.69) is 15.5 Å². The number of Topliss-reactive ketones (excluding diaryl/α,β-unsaturated/α-hetero) is 1. The van der Waals surface area contributed by atoms with E-state index in [9.17, 15) is 39.3 Å². The standard InChI is InChI=1S/C35H41ClN6O9S2/c1-17(2)28(33(49)50)51-40-25(22-15-53-34(37)39-22)23(43)12-21-30(46)41-26(32(47)48)19(14-52-31(21)41)13-42-9-6-35(7-10-42,8-11-42)16-38-29(45)20-5-4-18(3)27(44)24(20)36/h4-5,15,17,21,28,31H,6-14,16H2,1-3H3,(H5-,37,38,39,44,45,47,48,49,50)/p+1/b40-25-/t21-,28+,31-,35?,42?/m1/s1. The molecule has 0 aliphatic carbocycles. The van der Waals surface area contributed by atoms with Crippen molar-refractivity contribution in [3.8, 4) is 5.75 Å². The van der Waals surface area contributed by atoms with Crippen molar-refractivity contribution in [2.45, 2.75) is 57.9 Å². The van der Waals surface area contributed by atoms with Gasteiger partial charge < -0.3 is 35.7 Å². The van der Waals surface area contributed by atoms with Crippen LogP contribution in [0.5, 0.6) is 5.75 Å². The number of nitrogens with two attached hydrogens (primary N) is 1. The first-order valence-electron chi connectivity index (χ1n) is 17.3. The van der Waals surface area contributed by atoms with Crippen LogP contribution in [0.4, 0.5) is 5.13 Å². The number of amides is 2. The molecule has 2 amide bonds. The van der Waals surface area contributed by atoms with E-state index in [1.54, 1.807) is 32.9 Å². The van der Waals surface area contributed by atoms with Gasteiger partial charge in [0.2, 0.25) is 12.0 Å². The van der Waals surface area contributed by atoms with Crippen molar-refractivity contribution in [1.29, 1.82) is 0 Å². The number of rotatable bonds is 14. The number of phenolic OH excluding ortho intramolecular Hbond substituents is 1. The Morgan fingerprint density at radius 2 is 1.87 bits per heavy atom. The molecule has 6 heterocycles. The second-order valence-corrected chi connectivity index (χ2v) is 17.1. The van der Waals surface area contributed by atoms with Gasteiger partial charge in [-0.3, -0.25) is 19.3 Å². The number of thiazole rings is 1. The number of aromatic hydroxyl groups is 1. The molecule has 18 heteroatoms. The number of thioether (sulfide) groups is 1. The molecule has 6 N–H and O–H groups in total. The van der Waals surface area contributed by atoms with Gasteiger partial charge in [-0.25, -0.2) is 14.6 Å². The maximum Gasteiger partial charge on any atom is 0.352 e. The molecule has 1 aromatic carbocycles. The molecule has 284 valence electrons. The van der Waals surface area contributed by atoms with Gasteiger partial charge in [-0.05, 0) is 18.6 Å². The zero-order valence-electron chi connectivity index (χ0n) is 29.5. The Hall–Kier alpha value is -4.19. The highest BCUT2D eigenvalue weighted by atomic mass is 35.5. The molecule has 4 saturated heterocycles. The van der Waals surface area contributed by atoms with E-state index in [0.29, 0.717) is 34.5 Å². The maximum absolute atomic E-state index is 13.6. The summed E-state index contributed by atoms with van der Waals surface area (Å²) in [6.45, 7) is 8.30. The highest BCUT2D eigenvalue weighted by Gasteiger charge is 2.56. The molecule has 4 fully saturated rings. The van der Waals surface area contributed by atoms with E-state index in [1.807, 2.05) is 0 Å². The van der Waals surface area contributed by atoms with Crippen molar-refractivity contribution in [1.82, 2.24) is 15.2 Å². The lowest BCUT2D eigenvalue weighted by Crippen LogP contribution is -2.66. The summed E-state index contributed by atoms with van der Waals surface area (Å²) in [5.74, 6) is -4.89. The van der Waals surface area contributed by atoms with Gasteiger partial charge in [0.1, 0.15) is 23.7 Å². The van der Waals surface area contributed by atoms with E-state index < -0.39 is 46.9 Å². The molecule has 7 rings (SSSR count). The Labute approximate surface area is 318 Å². The predicted molar refractivity (Wildman–Crippen MR) is 197 cm³/mol. The van der Waals surface area contributed by atoms with Gasteiger partial charge >= 0.3 is 11.9 Å². The molecule has 0 saturated carbocycles. The van der Waals surface area contributed by atoms with Crippen LogP contribution in [-0.2, 0) is 24.0 Å². The first kappa shape index (κ1) is 38.5. The van der Waals surface area contributed by atoms with Crippen LogP contribution in [0.2, 0.25) is 5.02 Å². The van der Waals surface area contributed by atoms with E-state index in [1.165, 1.54) is 22.0 Å². The highest BCUT2D eigenvalue weighted by Crippen LogP contribution is 2.48. The minimum atomic E-state index is -1.33. The Kier molecular flexibility index (Phi) is 10.8. The minimum Gasteiger partial charge on any atom is -0.506 e. The molecule has 5 aliphatic rings. The molecule has 3 atom stereocenters. The van der Waals surface area contributed by atoms with E-state index >= 15 is 0 Å². The Bertz CT molecular complexity index is 1910. The molecule has 15 nitrogen and oxygen atoms in total. The lowest BCUT2D eigenvalue weighted by molar-refractivity contribution is -0.941. The predicted octanol–water partition coefficient (Wildman–Crippen LogP) is 3.48. The average molecular weight is 790 g/mol. The Morgan fingerprint density at radius 3 is 2.45 bits per heavy atom. The van der Waals surface area contributed by atoms with Crippen molar-refractivity contribution >= 4 is 75.1 Å². The number of piperidine rings is 3. The Balaban J connectivity index is 1.11. The molecular weight excluding hydrogens is 748 g/mol. The minimum absolute atomic E-state index is 0.0268. The number of nitrogens with one attached hydrogen (secondary N) is 1. The number of carboxylic acid groups (broad SMARTS) is 2. The number of β-lactam (4-membered cyclic amide) rings is 1. The van der Waals surface area contributed by atoms with Gasteiger partial charge in [0.15, 0.2) is 16.6 Å². The number of aliphatic carboxylic acids is 2. The smallest absolute Gasteiger partial charge is 0.352 e. The van der Waals surface area contributed by atoms with Crippen molar-refractivity contribution in [3.63, 3.8) is 0 Å². The van der Waals surface area contributed by atoms with Crippen LogP contribution in [0.15, 0.2) is 33.9 Å². The monoisotopic (exact) mass is 789 g/mol. The summed E-state index contributed by atoms with van der Waals surface area (Å²) in [6.07, 6.45) is 0.876. The summed E-state index contributed by atoms with van der Waals surface area (Å²) >= 11 is 8.72. The number of quaternary nitrogens is 1. The number of carbonyl (C=O) groups excluding carboxylic acids is 3. The highest BCUT2D eigenvalue weighted by molar-refractivity contribution is 8.00. The van der Waals surface area contributed by atoms with Gasteiger partial charge in [-0.15, -0.1) is 23.1 Å². The summed E-state index contributed by atoms with van der Waals surface area (Å²) in [7, 11) is 0. The van der Waals surface area contributed by atoms with Gasteiger partial charge in [0, 0.05) is 60.3 Å². The fourth-order valence-corrected chi connectivity index (χ4v) is 9.92. The summed E-state index contributed by atoms with van der Waals surface area (Å²) in [4.78, 5) is 75.2. The third-order valence-corrected chi connectivity index (χ3v) is 13.4. The van der Waals surface area contributed by atoms with E-state index in [0.717, 1.165) is 50.2 Å². The number of carbonyl (C=O) groups is 5. The number of carboxylic acids is 2. The summed E-state index contributed by atoms with van der Waals surface area (Å²) in [5, 5.41) is 38.1. The zero-order valence-corrected chi connectivity index (χ0v) is 31.9. The normalized spacial score (nSPS) is 25.9. The number of benzene rings is 1. The molecule has 0 spiro atoms. The fraction of sp³-hybridized carbons (Fsp3) is 0.514. The van der Waals surface area contributed by atoms with Gasteiger partial charge in [-0.1, -0.05) is 36.7 Å². The number of anilines is 1. The quantitative estimate of drug-likeness (QED) is 0.0804. The number of ketones is 1. The van der Waals surface area contributed by atoms with Crippen LogP contribution in [0, 0.1) is 24.2 Å². The molecule has 53 heavy (non-hydrogen) atoms. The topological polar surface area (TPSA) is 222 Å².